The number of fused-ring (bicyclic) bond motifs is 1. The number of aromatic nitrogens is 4. The Balaban J connectivity index is 1.48. The van der Waals surface area contributed by atoms with E-state index in [1.54, 1.807) is 11.1 Å². The Morgan fingerprint density at radius 3 is 2.59 bits per heavy atom. The van der Waals surface area contributed by atoms with Crippen molar-refractivity contribution in [2.75, 3.05) is 19.7 Å². The molecule has 0 spiro atoms. The van der Waals surface area contributed by atoms with Gasteiger partial charge in [-0.15, -0.1) is 0 Å². The molecule has 172 valence electrons. The van der Waals surface area contributed by atoms with Gasteiger partial charge in [0.25, 0.3) is 0 Å². The summed E-state index contributed by atoms with van der Waals surface area (Å²) in [7, 11) is 0. The summed E-state index contributed by atoms with van der Waals surface area (Å²) in [6.45, 7) is 10.6. The molecule has 0 atom stereocenters. The second kappa shape index (κ2) is 8.20. The van der Waals surface area contributed by atoms with Crippen molar-refractivity contribution >= 4 is 17.0 Å². The highest BCUT2D eigenvalue weighted by molar-refractivity contribution is 5.83. The highest BCUT2D eigenvalue weighted by Crippen LogP contribution is 2.31. The minimum absolute atomic E-state index is 0.0254. The van der Waals surface area contributed by atoms with E-state index in [1.165, 1.54) is 0 Å². The first-order valence-electron chi connectivity index (χ1n) is 11.0. The van der Waals surface area contributed by atoms with E-state index in [-0.39, 0.29) is 18.6 Å². The molecule has 9 nitrogen and oxygen atoms in total. The van der Waals surface area contributed by atoms with Crippen molar-refractivity contribution in [1.82, 2.24) is 24.8 Å². The molecule has 1 N–H and O–H groups in total. The Kier molecular flexibility index (Phi) is 5.70. The number of amides is 1. The van der Waals surface area contributed by atoms with Crippen molar-refractivity contribution in [2.45, 2.75) is 64.5 Å². The number of piperidine rings is 1. The molecule has 1 aliphatic heterocycles. The SMILES string of the molecule is CC(C)(C)OC(=O)N1CCC(c2nc(-c3ccc4cnn(C(C)(C)CO)c4c3)no2)CC1. The fourth-order valence-corrected chi connectivity index (χ4v) is 3.86. The smallest absolute Gasteiger partial charge is 0.410 e. The molecule has 2 aromatic heterocycles. The van der Waals surface area contributed by atoms with Crippen molar-refractivity contribution < 1.29 is 19.2 Å². The summed E-state index contributed by atoms with van der Waals surface area (Å²) >= 11 is 0. The summed E-state index contributed by atoms with van der Waals surface area (Å²) in [6.07, 6.45) is 3.00. The van der Waals surface area contributed by atoms with Gasteiger partial charge in [0.15, 0.2) is 0 Å². The molecule has 1 amide bonds. The lowest BCUT2D eigenvalue weighted by Gasteiger charge is -2.32. The minimum Gasteiger partial charge on any atom is -0.444 e. The Bertz CT molecular complexity index is 1100. The fourth-order valence-electron chi connectivity index (χ4n) is 3.86. The number of ether oxygens (including phenoxy) is 1. The fraction of sp³-hybridized carbons (Fsp3) is 0.565. The number of aliphatic hydroxyl groups excluding tert-OH is 1. The zero-order valence-corrected chi connectivity index (χ0v) is 19.3. The molecule has 0 unspecified atom stereocenters. The van der Waals surface area contributed by atoms with Gasteiger partial charge in [0, 0.05) is 30.0 Å². The number of rotatable bonds is 4. The minimum atomic E-state index is -0.523. The lowest BCUT2D eigenvalue weighted by Crippen LogP contribution is -2.41. The summed E-state index contributed by atoms with van der Waals surface area (Å²) in [6, 6.07) is 5.89. The lowest BCUT2D eigenvalue weighted by atomic mass is 9.97. The highest BCUT2D eigenvalue weighted by atomic mass is 16.6. The monoisotopic (exact) mass is 441 g/mol. The van der Waals surface area contributed by atoms with E-state index in [2.05, 4.69) is 15.2 Å². The topological polar surface area (TPSA) is 107 Å². The molecule has 0 radical (unpaired) electrons. The molecule has 3 heterocycles. The maximum Gasteiger partial charge on any atom is 0.410 e. The van der Waals surface area contributed by atoms with E-state index in [0.717, 1.165) is 29.3 Å². The van der Waals surface area contributed by atoms with Crippen LogP contribution in [0.5, 0.6) is 0 Å². The third kappa shape index (κ3) is 4.48. The third-order valence-electron chi connectivity index (χ3n) is 5.73. The number of hydrogen-bond donors (Lipinski definition) is 1. The van der Waals surface area contributed by atoms with Gasteiger partial charge < -0.3 is 19.3 Å². The standard InChI is InChI=1S/C23H31N5O4/c1-22(2,3)31-21(30)27-10-8-15(9-11-27)20-25-19(26-32-20)16-6-7-17-13-24-28(18(17)12-16)23(4,5)14-29/h6-7,12-13,15,29H,8-11,14H2,1-5H3. The van der Waals surface area contributed by atoms with Gasteiger partial charge in [0.2, 0.25) is 11.7 Å². The first-order valence-corrected chi connectivity index (χ1v) is 11.0. The average Bonchev–Trinajstić information content (AvgIpc) is 3.40. The van der Waals surface area contributed by atoms with Gasteiger partial charge in [-0.3, -0.25) is 4.68 Å². The lowest BCUT2D eigenvalue weighted by molar-refractivity contribution is 0.0198. The van der Waals surface area contributed by atoms with Crippen LogP contribution in [-0.4, -0.2) is 61.3 Å². The van der Waals surface area contributed by atoms with E-state index >= 15 is 0 Å². The maximum atomic E-state index is 12.3. The van der Waals surface area contributed by atoms with E-state index in [1.807, 2.05) is 57.5 Å². The van der Waals surface area contributed by atoms with Crippen LogP contribution in [0.3, 0.4) is 0 Å². The van der Waals surface area contributed by atoms with Crippen molar-refractivity contribution in [3.63, 3.8) is 0 Å². The first-order chi connectivity index (χ1) is 15.1. The molecule has 0 aliphatic carbocycles. The second-order valence-corrected chi connectivity index (χ2v) is 10.00. The maximum absolute atomic E-state index is 12.3. The predicted molar refractivity (Wildman–Crippen MR) is 119 cm³/mol. The van der Waals surface area contributed by atoms with Crippen LogP contribution in [0.1, 0.15) is 59.3 Å². The van der Waals surface area contributed by atoms with Gasteiger partial charge in [-0.05, 0) is 53.5 Å². The van der Waals surface area contributed by atoms with E-state index in [9.17, 15) is 9.90 Å². The van der Waals surface area contributed by atoms with Crippen LogP contribution in [0.2, 0.25) is 0 Å². The van der Waals surface area contributed by atoms with Gasteiger partial charge in [-0.2, -0.15) is 10.1 Å². The zero-order valence-electron chi connectivity index (χ0n) is 19.3. The van der Waals surface area contributed by atoms with Crippen molar-refractivity contribution in [1.29, 1.82) is 0 Å². The van der Waals surface area contributed by atoms with Crippen LogP contribution < -0.4 is 0 Å². The molecule has 3 aromatic rings. The first kappa shape index (κ1) is 22.3. The van der Waals surface area contributed by atoms with E-state index in [0.29, 0.717) is 24.8 Å². The van der Waals surface area contributed by atoms with Gasteiger partial charge in [-0.25, -0.2) is 4.79 Å². The molecule has 1 aromatic carbocycles. The number of hydrogen-bond acceptors (Lipinski definition) is 7. The number of likely N-dealkylation sites (tertiary alicyclic amines) is 1. The van der Waals surface area contributed by atoms with E-state index < -0.39 is 11.1 Å². The molecular formula is C23H31N5O4. The zero-order chi connectivity index (χ0) is 23.1. The third-order valence-corrected chi connectivity index (χ3v) is 5.73. The van der Waals surface area contributed by atoms with Gasteiger partial charge in [0.05, 0.1) is 23.9 Å². The molecule has 0 saturated carbocycles. The number of nitrogens with zero attached hydrogens (tertiary/aromatic N) is 5. The Labute approximate surface area is 187 Å². The molecular weight excluding hydrogens is 410 g/mol. The van der Waals surface area contributed by atoms with Crippen LogP contribution in [0.25, 0.3) is 22.3 Å². The molecule has 9 heteroatoms. The van der Waals surface area contributed by atoms with Crippen LogP contribution in [0, 0.1) is 0 Å². The van der Waals surface area contributed by atoms with Gasteiger partial charge >= 0.3 is 6.09 Å². The normalized spacial score (nSPS) is 16.0. The number of aliphatic hydroxyl groups is 1. The van der Waals surface area contributed by atoms with Gasteiger partial charge in [0.1, 0.15) is 5.60 Å². The largest absolute Gasteiger partial charge is 0.444 e. The molecule has 1 aliphatic rings. The summed E-state index contributed by atoms with van der Waals surface area (Å²) in [4.78, 5) is 18.7. The molecule has 1 fully saturated rings. The molecule has 32 heavy (non-hydrogen) atoms. The number of carbonyl (C=O) groups is 1. The van der Waals surface area contributed by atoms with Crippen LogP contribution in [0.4, 0.5) is 4.79 Å². The number of carbonyl (C=O) groups excluding carboxylic acids is 1. The molecule has 1 saturated heterocycles. The number of benzene rings is 1. The van der Waals surface area contributed by atoms with E-state index in [4.69, 9.17) is 9.26 Å². The van der Waals surface area contributed by atoms with Gasteiger partial charge in [-0.1, -0.05) is 17.3 Å². The Morgan fingerprint density at radius 1 is 1.22 bits per heavy atom. The summed E-state index contributed by atoms with van der Waals surface area (Å²) in [5, 5.41) is 19.4. The summed E-state index contributed by atoms with van der Waals surface area (Å²) in [5.74, 6) is 1.22. The van der Waals surface area contributed by atoms with Crippen LogP contribution >= 0.6 is 0 Å². The van der Waals surface area contributed by atoms with Crippen LogP contribution in [-0.2, 0) is 10.3 Å². The quantitative estimate of drug-likeness (QED) is 0.654. The summed E-state index contributed by atoms with van der Waals surface area (Å²) in [5.41, 5.74) is 0.705. The average molecular weight is 442 g/mol. The highest BCUT2D eigenvalue weighted by Gasteiger charge is 2.30. The molecule has 4 rings (SSSR count). The van der Waals surface area contributed by atoms with Crippen molar-refractivity contribution in [2.24, 2.45) is 0 Å². The predicted octanol–water partition coefficient (Wildman–Crippen LogP) is 3.93. The Morgan fingerprint density at radius 2 is 1.94 bits per heavy atom. The second-order valence-electron chi connectivity index (χ2n) is 10.00. The summed E-state index contributed by atoms with van der Waals surface area (Å²) < 4.78 is 12.9. The van der Waals surface area contributed by atoms with Crippen LogP contribution in [0.15, 0.2) is 28.9 Å². The molecule has 0 bridgehead atoms. The Hall–Kier alpha value is -2.94. The van der Waals surface area contributed by atoms with Crippen molar-refractivity contribution in [3.05, 3.63) is 30.3 Å². The van der Waals surface area contributed by atoms with Crippen molar-refractivity contribution in [3.8, 4) is 11.4 Å².